The molecule has 1 aliphatic rings. The van der Waals surface area contributed by atoms with E-state index in [4.69, 9.17) is 12.2 Å². The molecule has 0 bridgehead atoms. The first-order valence-corrected chi connectivity index (χ1v) is 5.78. The van der Waals surface area contributed by atoms with E-state index in [9.17, 15) is 4.39 Å². The van der Waals surface area contributed by atoms with Gasteiger partial charge in [0.25, 0.3) is 0 Å². The Balaban J connectivity index is 2.16. The Kier molecular flexibility index (Phi) is 2.19. The summed E-state index contributed by atoms with van der Waals surface area (Å²) in [6.45, 7) is 0. The first-order valence-electron chi connectivity index (χ1n) is 4.56. The highest BCUT2D eigenvalue weighted by Crippen LogP contribution is 2.35. The number of nitrogens with zero attached hydrogens (tertiary/aromatic N) is 2. The summed E-state index contributed by atoms with van der Waals surface area (Å²) in [5, 5.41) is 4.28. The van der Waals surface area contributed by atoms with Gasteiger partial charge >= 0.3 is 0 Å². The Morgan fingerprint density at radius 3 is 3.19 bits per heavy atom. The van der Waals surface area contributed by atoms with Crippen molar-refractivity contribution in [2.75, 3.05) is 5.32 Å². The minimum atomic E-state index is -0.283. The average molecular weight is 251 g/mol. The van der Waals surface area contributed by atoms with Crippen molar-refractivity contribution in [3.05, 3.63) is 36.4 Å². The number of fused-ring (bicyclic) bond motifs is 2. The second-order valence-electron chi connectivity index (χ2n) is 3.25. The van der Waals surface area contributed by atoms with Crippen LogP contribution in [-0.2, 0) is 0 Å². The first kappa shape index (κ1) is 9.80. The van der Waals surface area contributed by atoms with Crippen LogP contribution in [0.1, 0.15) is 0 Å². The summed E-state index contributed by atoms with van der Waals surface area (Å²) >= 11 is 6.65. The number of hydrogen-bond acceptors (Lipinski definition) is 3. The van der Waals surface area contributed by atoms with Gasteiger partial charge in [0.05, 0.1) is 5.69 Å². The minimum absolute atomic E-state index is 0.283. The van der Waals surface area contributed by atoms with Gasteiger partial charge in [-0.2, -0.15) is 0 Å². The molecular weight excluding hydrogens is 245 g/mol. The fourth-order valence-corrected chi connectivity index (χ4v) is 2.71. The standard InChI is InChI=1S/C10H6FN3S2/c11-6-1-2-8-7(5-6)13-9(15)14-4-3-12-10(14)16-8/h1-5H,(H,13,15). The van der Waals surface area contributed by atoms with Crippen molar-refractivity contribution < 1.29 is 4.39 Å². The molecule has 0 radical (unpaired) electrons. The highest BCUT2D eigenvalue weighted by Gasteiger charge is 2.17. The Labute approximate surface area is 101 Å². The summed E-state index contributed by atoms with van der Waals surface area (Å²) in [5.41, 5.74) is 0.681. The summed E-state index contributed by atoms with van der Waals surface area (Å²) in [4.78, 5) is 5.10. The lowest BCUT2D eigenvalue weighted by Gasteiger charge is -2.06. The molecule has 1 aliphatic heterocycles. The van der Waals surface area contributed by atoms with Crippen molar-refractivity contribution in [2.24, 2.45) is 0 Å². The molecule has 0 atom stereocenters. The maximum absolute atomic E-state index is 13.1. The smallest absolute Gasteiger partial charge is 0.183 e. The molecular formula is C10H6FN3S2. The molecule has 1 N–H and O–H groups in total. The highest BCUT2D eigenvalue weighted by atomic mass is 32.2. The Bertz CT molecular complexity index is 579. The Morgan fingerprint density at radius 1 is 1.44 bits per heavy atom. The van der Waals surface area contributed by atoms with E-state index in [1.807, 2.05) is 0 Å². The van der Waals surface area contributed by atoms with E-state index in [0.717, 1.165) is 10.1 Å². The van der Waals surface area contributed by atoms with E-state index in [1.54, 1.807) is 23.0 Å². The van der Waals surface area contributed by atoms with E-state index in [-0.39, 0.29) is 5.82 Å². The maximum Gasteiger partial charge on any atom is 0.183 e. The van der Waals surface area contributed by atoms with Gasteiger partial charge in [-0.25, -0.2) is 9.37 Å². The SMILES string of the molecule is Fc1ccc2c(c1)NC(=S)n1ccnc1S2. The predicted octanol–water partition coefficient (Wildman–Crippen LogP) is 2.73. The number of anilines is 1. The van der Waals surface area contributed by atoms with Crippen LogP contribution in [0.4, 0.5) is 10.1 Å². The van der Waals surface area contributed by atoms with Crippen LogP contribution in [0.5, 0.6) is 0 Å². The fourth-order valence-electron chi connectivity index (χ4n) is 1.48. The zero-order valence-corrected chi connectivity index (χ0v) is 9.61. The third kappa shape index (κ3) is 1.50. The van der Waals surface area contributed by atoms with Crippen LogP contribution in [0.25, 0.3) is 0 Å². The van der Waals surface area contributed by atoms with Crippen LogP contribution < -0.4 is 5.32 Å². The maximum atomic E-state index is 13.1. The first-order chi connectivity index (χ1) is 7.74. The number of hydrogen-bond donors (Lipinski definition) is 1. The van der Waals surface area contributed by atoms with Crippen molar-refractivity contribution in [1.29, 1.82) is 0 Å². The zero-order valence-electron chi connectivity index (χ0n) is 7.98. The number of benzene rings is 1. The largest absolute Gasteiger partial charge is 0.331 e. The van der Waals surface area contributed by atoms with Gasteiger partial charge in [0.2, 0.25) is 0 Å². The van der Waals surface area contributed by atoms with Gasteiger partial charge in [0, 0.05) is 17.3 Å². The molecule has 3 rings (SSSR count). The number of aromatic nitrogens is 2. The van der Waals surface area contributed by atoms with Crippen LogP contribution in [0.2, 0.25) is 0 Å². The van der Waals surface area contributed by atoms with Crippen molar-refractivity contribution in [3.8, 4) is 0 Å². The third-order valence-electron chi connectivity index (χ3n) is 2.21. The molecule has 1 aromatic heterocycles. The predicted molar refractivity (Wildman–Crippen MR) is 64.4 cm³/mol. The molecule has 0 saturated heterocycles. The molecule has 16 heavy (non-hydrogen) atoms. The summed E-state index contributed by atoms with van der Waals surface area (Å²) in [7, 11) is 0. The molecule has 0 fully saturated rings. The monoisotopic (exact) mass is 251 g/mol. The quantitative estimate of drug-likeness (QED) is 0.729. The summed E-state index contributed by atoms with van der Waals surface area (Å²) in [5.74, 6) is -0.283. The average Bonchev–Trinajstić information content (AvgIpc) is 2.65. The number of nitrogens with one attached hydrogen (secondary N) is 1. The fraction of sp³-hybridized carbons (Fsp3) is 0. The van der Waals surface area contributed by atoms with Gasteiger partial charge in [-0.05, 0) is 42.2 Å². The van der Waals surface area contributed by atoms with E-state index in [0.29, 0.717) is 10.8 Å². The third-order valence-corrected chi connectivity index (χ3v) is 3.57. The van der Waals surface area contributed by atoms with Crippen molar-refractivity contribution in [3.63, 3.8) is 0 Å². The lowest BCUT2D eigenvalue weighted by atomic mass is 10.3. The lowest BCUT2D eigenvalue weighted by molar-refractivity contribution is 0.627. The van der Waals surface area contributed by atoms with E-state index in [2.05, 4.69) is 10.3 Å². The molecule has 0 saturated carbocycles. The molecule has 2 heterocycles. The van der Waals surface area contributed by atoms with E-state index >= 15 is 0 Å². The number of imidazole rings is 1. The lowest BCUT2D eigenvalue weighted by Crippen LogP contribution is -2.17. The van der Waals surface area contributed by atoms with Crippen LogP contribution in [0.15, 0.2) is 40.6 Å². The Hall–Kier alpha value is -1.40. The highest BCUT2D eigenvalue weighted by molar-refractivity contribution is 7.99. The van der Waals surface area contributed by atoms with Crippen LogP contribution >= 0.6 is 24.0 Å². The van der Waals surface area contributed by atoms with Gasteiger partial charge in [-0.15, -0.1) is 0 Å². The number of halogens is 1. The molecule has 1 aromatic carbocycles. The topological polar surface area (TPSA) is 29.9 Å². The normalized spacial score (nSPS) is 13.7. The summed E-state index contributed by atoms with van der Waals surface area (Å²) in [6.07, 6.45) is 3.46. The van der Waals surface area contributed by atoms with Crippen LogP contribution in [0.3, 0.4) is 0 Å². The molecule has 0 aliphatic carbocycles. The van der Waals surface area contributed by atoms with Gasteiger partial charge in [0.15, 0.2) is 10.3 Å². The van der Waals surface area contributed by atoms with Crippen LogP contribution in [-0.4, -0.2) is 14.7 Å². The second-order valence-corrected chi connectivity index (χ2v) is 4.65. The molecule has 3 nitrogen and oxygen atoms in total. The van der Waals surface area contributed by atoms with Gasteiger partial charge < -0.3 is 5.32 Å². The van der Waals surface area contributed by atoms with Gasteiger partial charge in [0.1, 0.15) is 5.82 Å². The van der Waals surface area contributed by atoms with E-state index in [1.165, 1.54) is 23.9 Å². The summed E-state index contributed by atoms with van der Waals surface area (Å²) < 4.78 is 14.9. The van der Waals surface area contributed by atoms with E-state index < -0.39 is 0 Å². The van der Waals surface area contributed by atoms with Gasteiger partial charge in [-0.3, -0.25) is 4.57 Å². The van der Waals surface area contributed by atoms with Crippen molar-refractivity contribution in [2.45, 2.75) is 10.1 Å². The van der Waals surface area contributed by atoms with Crippen LogP contribution in [0, 0.1) is 5.82 Å². The minimum Gasteiger partial charge on any atom is -0.331 e. The van der Waals surface area contributed by atoms with Crippen molar-refractivity contribution >= 4 is 34.8 Å². The van der Waals surface area contributed by atoms with Crippen molar-refractivity contribution in [1.82, 2.24) is 9.55 Å². The molecule has 2 aromatic rings. The zero-order chi connectivity index (χ0) is 11.1. The molecule has 6 heteroatoms. The molecule has 0 spiro atoms. The summed E-state index contributed by atoms with van der Waals surface area (Å²) in [6, 6.07) is 4.57. The van der Waals surface area contributed by atoms with Gasteiger partial charge in [-0.1, -0.05) is 0 Å². The molecule has 0 amide bonds. The second kappa shape index (κ2) is 3.57. The number of rotatable bonds is 0. The molecule has 0 unspecified atom stereocenters. The number of thiocarbonyl (C=S) groups is 1. The Morgan fingerprint density at radius 2 is 2.31 bits per heavy atom. The molecule has 80 valence electrons.